The molecule has 1 amide bonds. The molecule has 1 atom stereocenters. The highest BCUT2D eigenvalue weighted by atomic mass is 16.4. The van der Waals surface area contributed by atoms with Gasteiger partial charge in [0.1, 0.15) is 5.54 Å². The maximum atomic E-state index is 12.0. The molecule has 0 radical (unpaired) electrons. The zero-order chi connectivity index (χ0) is 15.3. The summed E-state index contributed by atoms with van der Waals surface area (Å²) in [7, 11) is 0. The first-order chi connectivity index (χ1) is 10.0. The van der Waals surface area contributed by atoms with Crippen molar-refractivity contribution in [2.24, 2.45) is 0 Å². The number of nitrogens with one attached hydrogen (secondary N) is 1. The Balaban J connectivity index is 1.80. The molecule has 1 saturated carbocycles. The largest absolute Gasteiger partial charge is 0.480 e. The maximum absolute atomic E-state index is 12.0. The van der Waals surface area contributed by atoms with Gasteiger partial charge in [0.25, 0.3) is 0 Å². The van der Waals surface area contributed by atoms with Crippen LogP contribution in [0.5, 0.6) is 0 Å². The minimum Gasteiger partial charge on any atom is -0.480 e. The molecule has 2 N–H and O–H groups in total. The van der Waals surface area contributed by atoms with Crippen molar-refractivity contribution in [1.82, 2.24) is 10.2 Å². The molecule has 1 heterocycles. The molecule has 21 heavy (non-hydrogen) atoms. The molecular formula is C16H28N2O3. The van der Waals surface area contributed by atoms with Crippen molar-refractivity contribution in [3.63, 3.8) is 0 Å². The van der Waals surface area contributed by atoms with E-state index in [0.29, 0.717) is 25.4 Å². The highest BCUT2D eigenvalue weighted by Gasteiger charge is 2.41. The van der Waals surface area contributed by atoms with E-state index in [4.69, 9.17) is 0 Å². The molecule has 1 aliphatic carbocycles. The lowest BCUT2D eigenvalue weighted by Gasteiger charge is -2.41. The van der Waals surface area contributed by atoms with Gasteiger partial charge in [0.05, 0.1) is 0 Å². The molecule has 2 fully saturated rings. The molecule has 120 valence electrons. The first-order valence-corrected chi connectivity index (χ1v) is 8.30. The van der Waals surface area contributed by atoms with Crippen LogP contribution < -0.4 is 5.32 Å². The van der Waals surface area contributed by atoms with Gasteiger partial charge in [-0.3, -0.25) is 14.5 Å². The summed E-state index contributed by atoms with van der Waals surface area (Å²) in [6.07, 6.45) is 8.90. The first-order valence-electron chi connectivity index (χ1n) is 8.30. The third-order valence-corrected chi connectivity index (χ3v) is 5.08. The topological polar surface area (TPSA) is 69.6 Å². The van der Waals surface area contributed by atoms with Crippen molar-refractivity contribution in [2.75, 3.05) is 13.1 Å². The van der Waals surface area contributed by atoms with Crippen molar-refractivity contribution in [1.29, 1.82) is 0 Å². The fourth-order valence-corrected chi connectivity index (χ4v) is 3.56. The SMILES string of the molecule is CC1(C(=O)O)CCCCN1CCC(=O)NC1CCCCC1. The van der Waals surface area contributed by atoms with E-state index >= 15 is 0 Å². The van der Waals surface area contributed by atoms with Crippen LogP contribution in [0.2, 0.25) is 0 Å². The number of hydrogen-bond acceptors (Lipinski definition) is 3. The number of nitrogens with zero attached hydrogens (tertiary/aromatic N) is 1. The van der Waals surface area contributed by atoms with E-state index in [1.807, 2.05) is 4.90 Å². The van der Waals surface area contributed by atoms with E-state index in [2.05, 4.69) is 5.32 Å². The highest BCUT2D eigenvalue weighted by molar-refractivity contribution is 5.79. The van der Waals surface area contributed by atoms with Gasteiger partial charge in [-0.25, -0.2) is 0 Å². The van der Waals surface area contributed by atoms with E-state index in [9.17, 15) is 14.7 Å². The standard InChI is InChI=1S/C16H28N2O3/c1-16(15(20)21)10-5-6-11-18(16)12-9-14(19)17-13-7-3-2-4-8-13/h13H,2-12H2,1H3,(H,17,19)(H,20,21). The lowest BCUT2D eigenvalue weighted by Crippen LogP contribution is -2.55. The van der Waals surface area contributed by atoms with Crippen molar-refractivity contribution in [3.05, 3.63) is 0 Å². The second kappa shape index (κ2) is 7.25. The summed E-state index contributed by atoms with van der Waals surface area (Å²) >= 11 is 0. The van der Waals surface area contributed by atoms with Crippen LogP contribution in [0.3, 0.4) is 0 Å². The molecule has 0 aromatic rings. The van der Waals surface area contributed by atoms with E-state index in [-0.39, 0.29) is 5.91 Å². The summed E-state index contributed by atoms with van der Waals surface area (Å²) in [5.74, 6) is -0.699. The third-order valence-electron chi connectivity index (χ3n) is 5.08. The van der Waals surface area contributed by atoms with Crippen LogP contribution in [-0.2, 0) is 9.59 Å². The van der Waals surface area contributed by atoms with Crippen molar-refractivity contribution < 1.29 is 14.7 Å². The average Bonchev–Trinajstić information content (AvgIpc) is 2.47. The Labute approximate surface area is 127 Å². The molecular weight excluding hydrogens is 268 g/mol. The van der Waals surface area contributed by atoms with Gasteiger partial charge in [-0.2, -0.15) is 0 Å². The van der Waals surface area contributed by atoms with Crippen LogP contribution in [0.25, 0.3) is 0 Å². The molecule has 1 saturated heterocycles. The summed E-state index contributed by atoms with van der Waals surface area (Å²) < 4.78 is 0. The Morgan fingerprint density at radius 3 is 2.57 bits per heavy atom. The summed E-state index contributed by atoms with van der Waals surface area (Å²) in [6, 6.07) is 0.332. The molecule has 0 aromatic carbocycles. The minimum absolute atomic E-state index is 0.0696. The van der Waals surface area contributed by atoms with Crippen LogP contribution in [-0.4, -0.2) is 46.6 Å². The van der Waals surface area contributed by atoms with Crippen LogP contribution in [0.15, 0.2) is 0 Å². The van der Waals surface area contributed by atoms with E-state index < -0.39 is 11.5 Å². The summed E-state index contributed by atoms with van der Waals surface area (Å²) in [6.45, 7) is 3.11. The number of amides is 1. The van der Waals surface area contributed by atoms with Gasteiger partial charge >= 0.3 is 5.97 Å². The predicted octanol–water partition coefficient (Wildman–Crippen LogP) is 2.15. The van der Waals surface area contributed by atoms with E-state index in [1.165, 1.54) is 19.3 Å². The average molecular weight is 296 g/mol. The fourth-order valence-electron chi connectivity index (χ4n) is 3.56. The number of carboxylic acids is 1. The predicted molar refractivity (Wildman–Crippen MR) is 81.1 cm³/mol. The number of rotatable bonds is 5. The Morgan fingerprint density at radius 1 is 1.19 bits per heavy atom. The third kappa shape index (κ3) is 4.19. The number of carbonyl (C=O) groups is 2. The Kier molecular flexibility index (Phi) is 5.62. The molecule has 1 aliphatic heterocycles. The number of carbonyl (C=O) groups excluding carboxylic acids is 1. The number of hydrogen-bond donors (Lipinski definition) is 2. The lowest BCUT2D eigenvalue weighted by atomic mass is 9.88. The van der Waals surface area contributed by atoms with Gasteiger partial charge < -0.3 is 10.4 Å². The fraction of sp³-hybridized carbons (Fsp3) is 0.875. The Bertz CT molecular complexity index is 380. The quantitative estimate of drug-likeness (QED) is 0.815. The highest BCUT2D eigenvalue weighted by Crippen LogP contribution is 2.28. The minimum atomic E-state index is -0.802. The van der Waals surface area contributed by atoms with E-state index in [1.54, 1.807) is 6.92 Å². The second-order valence-electron chi connectivity index (χ2n) is 6.68. The molecule has 0 aromatic heterocycles. The number of aliphatic carboxylic acids is 1. The number of likely N-dealkylation sites (tertiary alicyclic amines) is 1. The molecule has 2 rings (SSSR count). The first kappa shape index (κ1) is 16.3. The van der Waals surface area contributed by atoms with Gasteiger partial charge in [-0.1, -0.05) is 19.3 Å². The summed E-state index contributed by atoms with van der Waals surface area (Å²) in [5, 5.41) is 12.6. The zero-order valence-electron chi connectivity index (χ0n) is 13.1. The second-order valence-corrected chi connectivity index (χ2v) is 6.68. The number of piperidine rings is 1. The maximum Gasteiger partial charge on any atom is 0.323 e. The smallest absolute Gasteiger partial charge is 0.323 e. The van der Waals surface area contributed by atoms with Gasteiger partial charge in [0, 0.05) is 19.0 Å². The normalized spacial score (nSPS) is 28.2. The van der Waals surface area contributed by atoms with Gasteiger partial charge in [-0.15, -0.1) is 0 Å². The van der Waals surface area contributed by atoms with Crippen LogP contribution >= 0.6 is 0 Å². The molecule has 0 bridgehead atoms. The van der Waals surface area contributed by atoms with Crippen molar-refractivity contribution >= 4 is 11.9 Å². The van der Waals surface area contributed by atoms with Gasteiger partial charge in [0.2, 0.25) is 5.91 Å². The van der Waals surface area contributed by atoms with Gasteiger partial charge in [-0.05, 0) is 45.6 Å². The summed E-state index contributed by atoms with van der Waals surface area (Å²) in [5.41, 5.74) is -0.802. The molecule has 0 spiro atoms. The monoisotopic (exact) mass is 296 g/mol. The molecule has 1 unspecified atom stereocenters. The molecule has 5 heteroatoms. The van der Waals surface area contributed by atoms with E-state index in [0.717, 1.165) is 32.2 Å². The van der Waals surface area contributed by atoms with Crippen LogP contribution in [0.4, 0.5) is 0 Å². The summed E-state index contributed by atoms with van der Waals surface area (Å²) in [4.78, 5) is 25.5. The molecule has 2 aliphatic rings. The zero-order valence-corrected chi connectivity index (χ0v) is 13.1. The Morgan fingerprint density at radius 2 is 1.90 bits per heavy atom. The van der Waals surface area contributed by atoms with Crippen LogP contribution in [0, 0.1) is 0 Å². The van der Waals surface area contributed by atoms with Crippen LogP contribution in [0.1, 0.15) is 64.7 Å². The molecule has 5 nitrogen and oxygen atoms in total. The number of carboxylic acid groups (broad SMARTS) is 1. The van der Waals surface area contributed by atoms with Gasteiger partial charge in [0.15, 0.2) is 0 Å². The Hall–Kier alpha value is -1.10. The van der Waals surface area contributed by atoms with Crippen molar-refractivity contribution in [2.45, 2.75) is 76.3 Å². The lowest BCUT2D eigenvalue weighted by molar-refractivity contribution is -0.153. The van der Waals surface area contributed by atoms with Crippen molar-refractivity contribution in [3.8, 4) is 0 Å².